The van der Waals surface area contributed by atoms with Gasteiger partial charge in [0.2, 0.25) is 5.91 Å². The van der Waals surface area contributed by atoms with Crippen molar-refractivity contribution in [1.29, 1.82) is 0 Å². The molecule has 1 aliphatic heterocycles. The predicted octanol–water partition coefficient (Wildman–Crippen LogP) is 1.26. The van der Waals surface area contributed by atoms with Crippen LogP contribution in [0.1, 0.15) is 43.2 Å². The number of nitrogens with two attached hydrogens (primary N) is 1. The van der Waals surface area contributed by atoms with Crippen molar-refractivity contribution < 1.29 is 14.7 Å². The number of carbonyl (C=O) groups is 2. The van der Waals surface area contributed by atoms with Gasteiger partial charge in [-0.25, -0.2) is 0 Å². The molecule has 1 aliphatic carbocycles. The SMILES string of the molecule is Cc1ccccc1C1(C(=O)N2CCCC(O)(C(N)=O)C2)CCC1. The highest BCUT2D eigenvalue weighted by atomic mass is 16.3. The first kappa shape index (κ1) is 16.0. The molecule has 5 heteroatoms. The van der Waals surface area contributed by atoms with Crippen molar-refractivity contribution in [2.45, 2.75) is 50.0 Å². The minimum Gasteiger partial charge on any atom is -0.378 e. The quantitative estimate of drug-likeness (QED) is 0.880. The summed E-state index contributed by atoms with van der Waals surface area (Å²) in [7, 11) is 0. The molecule has 1 atom stereocenters. The van der Waals surface area contributed by atoms with E-state index in [1.54, 1.807) is 4.90 Å². The Labute approximate surface area is 136 Å². The third-order valence-corrected chi connectivity index (χ3v) is 5.49. The van der Waals surface area contributed by atoms with Crippen LogP contribution >= 0.6 is 0 Å². The van der Waals surface area contributed by atoms with Crippen LogP contribution < -0.4 is 5.73 Å². The molecule has 124 valence electrons. The molecule has 1 heterocycles. The van der Waals surface area contributed by atoms with Crippen LogP contribution in [0.15, 0.2) is 24.3 Å². The molecule has 2 fully saturated rings. The maximum Gasteiger partial charge on any atom is 0.251 e. The summed E-state index contributed by atoms with van der Waals surface area (Å²) in [6.07, 6.45) is 3.58. The molecule has 5 nitrogen and oxygen atoms in total. The van der Waals surface area contributed by atoms with Gasteiger partial charge in [-0.2, -0.15) is 0 Å². The lowest BCUT2D eigenvalue weighted by atomic mass is 9.62. The van der Waals surface area contributed by atoms with Crippen molar-refractivity contribution in [3.63, 3.8) is 0 Å². The van der Waals surface area contributed by atoms with Crippen LogP contribution in [0.4, 0.5) is 0 Å². The molecule has 1 aromatic rings. The standard InChI is InChI=1S/C18H24N2O3/c1-13-6-2-3-7-14(13)17(8-4-9-17)16(22)20-11-5-10-18(23,12-20)15(19)21/h2-3,6-7,23H,4-5,8-12H2,1H3,(H2,19,21). The van der Waals surface area contributed by atoms with Gasteiger partial charge in [0.05, 0.1) is 12.0 Å². The third-order valence-electron chi connectivity index (χ3n) is 5.49. The highest BCUT2D eigenvalue weighted by Gasteiger charge is 2.50. The van der Waals surface area contributed by atoms with E-state index < -0.39 is 16.9 Å². The summed E-state index contributed by atoms with van der Waals surface area (Å²) >= 11 is 0. The number of benzene rings is 1. The Bertz CT molecular complexity index is 639. The lowest BCUT2D eigenvalue weighted by Gasteiger charge is -2.47. The molecule has 0 bridgehead atoms. The van der Waals surface area contributed by atoms with Gasteiger partial charge in [0.25, 0.3) is 5.91 Å². The Morgan fingerprint density at radius 2 is 1.87 bits per heavy atom. The van der Waals surface area contributed by atoms with Crippen LogP contribution in [-0.2, 0) is 15.0 Å². The minimum absolute atomic E-state index is 0.00873. The number of rotatable bonds is 3. The Balaban J connectivity index is 1.89. The van der Waals surface area contributed by atoms with E-state index in [-0.39, 0.29) is 12.5 Å². The number of likely N-dealkylation sites (tertiary alicyclic amines) is 1. The van der Waals surface area contributed by atoms with Crippen molar-refractivity contribution in [3.05, 3.63) is 35.4 Å². The monoisotopic (exact) mass is 316 g/mol. The fourth-order valence-corrected chi connectivity index (χ4v) is 3.95. The van der Waals surface area contributed by atoms with Crippen LogP contribution in [0.3, 0.4) is 0 Å². The van der Waals surface area contributed by atoms with Gasteiger partial charge in [-0.15, -0.1) is 0 Å². The number of nitrogens with zero attached hydrogens (tertiary/aromatic N) is 1. The molecule has 0 spiro atoms. The Morgan fingerprint density at radius 1 is 1.17 bits per heavy atom. The summed E-state index contributed by atoms with van der Waals surface area (Å²) in [4.78, 5) is 26.4. The van der Waals surface area contributed by atoms with Crippen molar-refractivity contribution >= 4 is 11.8 Å². The average Bonchev–Trinajstić information content (AvgIpc) is 2.48. The van der Waals surface area contributed by atoms with E-state index >= 15 is 0 Å². The van der Waals surface area contributed by atoms with Crippen molar-refractivity contribution in [2.24, 2.45) is 5.73 Å². The van der Waals surface area contributed by atoms with E-state index in [9.17, 15) is 14.7 Å². The van der Waals surface area contributed by atoms with Crippen LogP contribution in [0.25, 0.3) is 0 Å². The van der Waals surface area contributed by atoms with E-state index in [0.717, 1.165) is 30.4 Å². The second-order valence-corrected chi connectivity index (χ2v) is 6.98. The van der Waals surface area contributed by atoms with E-state index in [1.807, 2.05) is 31.2 Å². The summed E-state index contributed by atoms with van der Waals surface area (Å²) in [6.45, 7) is 2.61. The number of primary amides is 1. The van der Waals surface area contributed by atoms with Crippen molar-refractivity contribution in [1.82, 2.24) is 4.90 Å². The fraction of sp³-hybridized carbons (Fsp3) is 0.556. The molecule has 3 N–H and O–H groups in total. The summed E-state index contributed by atoms with van der Waals surface area (Å²) in [6, 6.07) is 7.99. The first-order valence-corrected chi connectivity index (χ1v) is 8.27. The Hall–Kier alpha value is -1.88. The zero-order valence-corrected chi connectivity index (χ0v) is 13.5. The molecule has 23 heavy (non-hydrogen) atoms. The number of aliphatic hydroxyl groups is 1. The third kappa shape index (κ3) is 2.53. The first-order chi connectivity index (χ1) is 10.9. The highest BCUT2D eigenvalue weighted by Crippen LogP contribution is 2.46. The van der Waals surface area contributed by atoms with Crippen molar-refractivity contribution in [2.75, 3.05) is 13.1 Å². The zero-order chi connectivity index (χ0) is 16.7. The molecule has 0 aromatic heterocycles. The summed E-state index contributed by atoms with van der Waals surface area (Å²) < 4.78 is 0. The predicted molar refractivity (Wildman–Crippen MR) is 86.7 cm³/mol. The molecule has 1 saturated carbocycles. The molecular weight excluding hydrogens is 292 g/mol. The fourth-order valence-electron chi connectivity index (χ4n) is 3.95. The van der Waals surface area contributed by atoms with Crippen molar-refractivity contribution in [3.8, 4) is 0 Å². The Morgan fingerprint density at radius 3 is 2.43 bits per heavy atom. The van der Waals surface area contributed by atoms with Gasteiger partial charge in [0.1, 0.15) is 0 Å². The number of carbonyl (C=O) groups excluding carboxylic acids is 2. The van der Waals surface area contributed by atoms with E-state index in [1.165, 1.54) is 0 Å². The maximum atomic E-state index is 13.2. The van der Waals surface area contributed by atoms with Gasteiger partial charge in [0, 0.05) is 6.54 Å². The summed E-state index contributed by atoms with van der Waals surface area (Å²) in [5, 5.41) is 10.4. The van der Waals surface area contributed by atoms with Gasteiger partial charge >= 0.3 is 0 Å². The molecule has 1 saturated heterocycles. The van der Waals surface area contributed by atoms with Crippen LogP contribution in [-0.4, -0.2) is 40.5 Å². The maximum absolute atomic E-state index is 13.2. The van der Waals surface area contributed by atoms with E-state index in [0.29, 0.717) is 19.4 Å². The van der Waals surface area contributed by atoms with E-state index in [2.05, 4.69) is 0 Å². The van der Waals surface area contributed by atoms with Gasteiger partial charge in [-0.3, -0.25) is 9.59 Å². The summed E-state index contributed by atoms with van der Waals surface area (Å²) in [5.74, 6) is -0.717. The molecule has 2 aliphatic rings. The number of hydrogen-bond donors (Lipinski definition) is 2. The molecule has 1 unspecified atom stereocenters. The lowest BCUT2D eigenvalue weighted by Crippen LogP contribution is -2.61. The lowest BCUT2D eigenvalue weighted by molar-refractivity contribution is -0.154. The van der Waals surface area contributed by atoms with Gasteiger partial charge in [-0.05, 0) is 43.7 Å². The van der Waals surface area contributed by atoms with Gasteiger partial charge in [-0.1, -0.05) is 30.7 Å². The highest BCUT2D eigenvalue weighted by molar-refractivity contribution is 5.91. The topological polar surface area (TPSA) is 83.6 Å². The molecule has 2 amide bonds. The Kier molecular flexibility index (Phi) is 3.92. The summed E-state index contributed by atoms with van der Waals surface area (Å²) in [5.41, 5.74) is 5.42. The molecule has 1 aromatic carbocycles. The number of amides is 2. The number of β-amino-alcohol motifs (C(OH)–C–C–N with tert-alkyl or cyclic N) is 1. The minimum atomic E-state index is -1.59. The number of hydrogen-bond acceptors (Lipinski definition) is 3. The van der Waals surface area contributed by atoms with Crippen LogP contribution in [0.2, 0.25) is 0 Å². The second-order valence-electron chi connectivity index (χ2n) is 6.98. The van der Waals surface area contributed by atoms with E-state index in [4.69, 9.17) is 5.73 Å². The number of piperidine rings is 1. The normalized spacial score (nSPS) is 26.4. The van der Waals surface area contributed by atoms with Gasteiger partial charge in [0.15, 0.2) is 5.60 Å². The molecule has 0 radical (unpaired) electrons. The van der Waals surface area contributed by atoms with Crippen LogP contribution in [0, 0.1) is 6.92 Å². The van der Waals surface area contributed by atoms with Crippen LogP contribution in [0.5, 0.6) is 0 Å². The second kappa shape index (κ2) is 5.64. The molecule has 3 rings (SSSR count). The average molecular weight is 316 g/mol. The smallest absolute Gasteiger partial charge is 0.251 e. The zero-order valence-electron chi connectivity index (χ0n) is 13.5. The largest absolute Gasteiger partial charge is 0.378 e. The first-order valence-electron chi connectivity index (χ1n) is 8.27. The molecular formula is C18H24N2O3. The number of aryl methyl sites for hydroxylation is 1. The van der Waals surface area contributed by atoms with Gasteiger partial charge < -0.3 is 15.7 Å².